The SMILES string of the molecule is Cc1ccc(C(C)(C)C)cc1CNC(CO)CO. The molecule has 0 aliphatic carbocycles. The van der Waals surface area contributed by atoms with E-state index in [0.717, 1.165) is 0 Å². The fourth-order valence-corrected chi connectivity index (χ4v) is 1.77. The van der Waals surface area contributed by atoms with Crippen molar-refractivity contribution < 1.29 is 10.2 Å². The number of aliphatic hydroxyl groups excluding tert-OH is 2. The lowest BCUT2D eigenvalue weighted by Gasteiger charge is -2.21. The molecule has 0 unspecified atom stereocenters. The van der Waals surface area contributed by atoms with E-state index in [0.29, 0.717) is 6.54 Å². The highest BCUT2D eigenvalue weighted by atomic mass is 16.3. The number of hydrogen-bond acceptors (Lipinski definition) is 3. The Labute approximate surface area is 110 Å². The molecule has 1 aromatic rings. The average molecular weight is 251 g/mol. The molecule has 0 saturated heterocycles. The third-order valence-electron chi connectivity index (χ3n) is 3.24. The fraction of sp³-hybridized carbons (Fsp3) is 0.600. The Bertz CT molecular complexity index is 379. The first kappa shape index (κ1) is 15.2. The smallest absolute Gasteiger partial charge is 0.0607 e. The molecule has 1 rings (SSSR count). The van der Waals surface area contributed by atoms with Crippen LogP contribution in [0.15, 0.2) is 18.2 Å². The summed E-state index contributed by atoms with van der Waals surface area (Å²) < 4.78 is 0. The van der Waals surface area contributed by atoms with Crippen LogP contribution in [0.25, 0.3) is 0 Å². The second-order valence-corrected chi connectivity index (χ2v) is 5.83. The van der Waals surface area contributed by atoms with Crippen molar-refractivity contribution in [1.29, 1.82) is 0 Å². The first-order chi connectivity index (χ1) is 8.38. The number of aliphatic hydroxyl groups is 2. The molecule has 0 aromatic heterocycles. The van der Waals surface area contributed by atoms with Gasteiger partial charge >= 0.3 is 0 Å². The van der Waals surface area contributed by atoms with E-state index in [9.17, 15) is 0 Å². The van der Waals surface area contributed by atoms with Gasteiger partial charge in [-0.05, 0) is 29.0 Å². The van der Waals surface area contributed by atoms with Gasteiger partial charge in [-0.3, -0.25) is 0 Å². The van der Waals surface area contributed by atoms with Crippen LogP contribution in [0.3, 0.4) is 0 Å². The number of aryl methyl sites for hydroxylation is 1. The minimum Gasteiger partial charge on any atom is -0.395 e. The number of benzene rings is 1. The highest BCUT2D eigenvalue weighted by molar-refractivity contribution is 5.34. The second kappa shape index (κ2) is 6.32. The van der Waals surface area contributed by atoms with Crippen molar-refractivity contribution in [2.75, 3.05) is 13.2 Å². The molecular formula is C15H25NO2. The summed E-state index contributed by atoms with van der Waals surface area (Å²) in [6.45, 7) is 9.23. The van der Waals surface area contributed by atoms with Gasteiger partial charge in [0, 0.05) is 6.54 Å². The van der Waals surface area contributed by atoms with Gasteiger partial charge in [0.25, 0.3) is 0 Å². The molecule has 0 bridgehead atoms. The first-order valence-electron chi connectivity index (χ1n) is 6.43. The van der Waals surface area contributed by atoms with Gasteiger partial charge in [-0.15, -0.1) is 0 Å². The molecule has 0 heterocycles. The van der Waals surface area contributed by atoms with Crippen molar-refractivity contribution in [3.63, 3.8) is 0 Å². The van der Waals surface area contributed by atoms with E-state index in [1.165, 1.54) is 16.7 Å². The Kier molecular flexibility index (Phi) is 5.32. The summed E-state index contributed by atoms with van der Waals surface area (Å²) in [6, 6.07) is 6.25. The summed E-state index contributed by atoms with van der Waals surface area (Å²) in [4.78, 5) is 0. The highest BCUT2D eigenvalue weighted by Gasteiger charge is 2.15. The number of rotatable bonds is 5. The molecule has 0 saturated carbocycles. The molecule has 0 aliphatic rings. The third kappa shape index (κ3) is 4.09. The van der Waals surface area contributed by atoms with Crippen LogP contribution in [-0.2, 0) is 12.0 Å². The second-order valence-electron chi connectivity index (χ2n) is 5.83. The van der Waals surface area contributed by atoms with Gasteiger partial charge in [0.1, 0.15) is 0 Å². The molecule has 0 atom stereocenters. The average Bonchev–Trinajstić information content (AvgIpc) is 2.31. The minimum absolute atomic E-state index is 0.0471. The van der Waals surface area contributed by atoms with E-state index in [4.69, 9.17) is 10.2 Å². The van der Waals surface area contributed by atoms with Crippen LogP contribution in [0.4, 0.5) is 0 Å². The Hall–Kier alpha value is -0.900. The Balaban J connectivity index is 2.82. The lowest BCUT2D eigenvalue weighted by Crippen LogP contribution is -2.35. The van der Waals surface area contributed by atoms with Gasteiger partial charge in [0.2, 0.25) is 0 Å². The Morgan fingerprint density at radius 3 is 2.28 bits per heavy atom. The number of nitrogens with one attached hydrogen (secondary N) is 1. The van der Waals surface area contributed by atoms with E-state index < -0.39 is 0 Å². The van der Waals surface area contributed by atoms with Crippen LogP contribution in [0.1, 0.15) is 37.5 Å². The molecule has 18 heavy (non-hydrogen) atoms. The Morgan fingerprint density at radius 1 is 1.17 bits per heavy atom. The summed E-state index contributed by atoms with van der Waals surface area (Å²) in [5.74, 6) is 0. The minimum atomic E-state index is -0.248. The quantitative estimate of drug-likeness (QED) is 0.747. The first-order valence-corrected chi connectivity index (χ1v) is 6.43. The van der Waals surface area contributed by atoms with Crippen LogP contribution in [-0.4, -0.2) is 29.5 Å². The van der Waals surface area contributed by atoms with Crippen molar-refractivity contribution in [1.82, 2.24) is 5.32 Å². The van der Waals surface area contributed by atoms with Gasteiger partial charge < -0.3 is 15.5 Å². The van der Waals surface area contributed by atoms with Crippen LogP contribution >= 0.6 is 0 Å². The molecular weight excluding hydrogens is 226 g/mol. The normalized spacial score (nSPS) is 12.2. The predicted molar refractivity (Wildman–Crippen MR) is 74.7 cm³/mol. The maximum absolute atomic E-state index is 9.03. The molecule has 0 spiro atoms. The summed E-state index contributed by atoms with van der Waals surface area (Å²) in [6.07, 6.45) is 0. The fourth-order valence-electron chi connectivity index (χ4n) is 1.77. The van der Waals surface area contributed by atoms with Crippen LogP contribution in [0, 0.1) is 6.92 Å². The topological polar surface area (TPSA) is 52.5 Å². The maximum atomic E-state index is 9.03. The zero-order valence-electron chi connectivity index (χ0n) is 11.8. The summed E-state index contributed by atoms with van der Waals surface area (Å²) in [5, 5.41) is 21.2. The monoisotopic (exact) mass is 251 g/mol. The lowest BCUT2D eigenvalue weighted by molar-refractivity contribution is 0.170. The molecule has 0 amide bonds. The van der Waals surface area contributed by atoms with Crippen molar-refractivity contribution in [3.8, 4) is 0 Å². The van der Waals surface area contributed by atoms with Crippen LogP contribution in [0.2, 0.25) is 0 Å². The largest absolute Gasteiger partial charge is 0.395 e. The van der Waals surface area contributed by atoms with E-state index >= 15 is 0 Å². The van der Waals surface area contributed by atoms with Gasteiger partial charge in [-0.1, -0.05) is 39.0 Å². The van der Waals surface area contributed by atoms with Crippen LogP contribution in [0.5, 0.6) is 0 Å². The molecule has 1 aromatic carbocycles. The highest BCUT2D eigenvalue weighted by Crippen LogP contribution is 2.24. The Morgan fingerprint density at radius 2 is 1.78 bits per heavy atom. The zero-order chi connectivity index (χ0) is 13.8. The van der Waals surface area contributed by atoms with Crippen molar-refractivity contribution in [3.05, 3.63) is 34.9 Å². The molecule has 0 radical (unpaired) electrons. The molecule has 102 valence electrons. The molecule has 3 nitrogen and oxygen atoms in total. The molecule has 0 aliphatic heterocycles. The van der Waals surface area contributed by atoms with Crippen molar-refractivity contribution >= 4 is 0 Å². The standard InChI is InChI=1S/C15H25NO2/c1-11-5-6-13(15(2,3)4)7-12(11)8-16-14(9-17)10-18/h5-7,14,16-18H,8-10H2,1-4H3. The molecule has 3 heteroatoms. The maximum Gasteiger partial charge on any atom is 0.0607 e. The van der Waals surface area contributed by atoms with E-state index in [1.54, 1.807) is 0 Å². The lowest BCUT2D eigenvalue weighted by atomic mass is 9.85. The van der Waals surface area contributed by atoms with E-state index in [1.807, 2.05) is 0 Å². The van der Waals surface area contributed by atoms with Crippen molar-refractivity contribution in [2.45, 2.75) is 45.7 Å². The van der Waals surface area contributed by atoms with Crippen LogP contribution < -0.4 is 5.32 Å². The summed E-state index contributed by atoms with van der Waals surface area (Å²) in [5.41, 5.74) is 3.88. The predicted octanol–water partition coefficient (Wildman–Crippen LogP) is 1.74. The van der Waals surface area contributed by atoms with Gasteiger partial charge in [0.15, 0.2) is 0 Å². The summed E-state index contributed by atoms with van der Waals surface area (Å²) >= 11 is 0. The number of hydrogen-bond donors (Lipinski definition) is 3. The van der Waals surface area contributed by atoms with Crippen molar-refractivity contribution in [2.24, 2.45) is 0 Å². The molecule has 3 N–H and O–H groups in total. The summed E-state index contributed by atoms with van der Waals surface area (Å²) in [7, 11) is 0. The van der Waals surface area contributed by atoms with E-state index in [-0.39, 0.29) is 24.7 Å². The van der Waals surface area contributed by atoms with Gasteiger partial charge in [-0.2, -0.15) is 0 Å². The molecule has 0 fully saturated rings. The van der Waals surface area contributed by atoms with Gasteiger partial charge in [-0.25, -0.2) is 0 Å². The van der Waals surface area contributed by atoms with E-state index in [2.05, 4.69) is 51.2 Å². The van der Waals surface area contributed by atoms with Gasteiger partial charge in [0.05, 0.1) is 19.3 Å². The third-order valence-corrected chi connectivity index (χ3v) is 3.24. The zero-order valence-corrected chi connectivity index (χ0v) is 11.8.